The third-order valence-electron chi connectivity index (χ3n) is 4.63. The smallest absolute Gasteiger partial charge is 0.325 e. The van der Waals surface area contributed by atoms with Gasteiger partial charge in [-0.1, -0.05) is 6.07 Å². The molecule has 0 radical (unpaired) electrons. The van der Waals surface area contributed by atoms with Gasteiger partial charge in [-0.25, -0.2) is 4.79 Å². The standard InChI is InChI=1S/C17H21N3O4/c1-10-4-7-13(24-3)12(8-10)18-14(21)9-20-15(22)17(2,11-5-6-11)19-16(20)23/h4,7-8,11H,5-6,9H2,1-3H3,(H,18,21)(H,19,23)/t17-/m0/s1. The number of methoxy groups -OCH3 is 1. The van der Waals surface area contributed by atoms with E-state index in [1.807, 2.05) is 13.0 Å². The van der Waals surface area contributed by atoms with Gasteiger partial charge >= 0.3 is 6.03 Å². The summed E-state index contributed by atoms with van der Waals surface area (Å²) >= 11 is 0. The number of benzene rings is 1. The lowest BCUT2D eigenvalue weighted by Crippen LogP contribution is -2.46. The average Bonchev–Trinajstić information content (AvgIpc) is 3.34. The first-order chi connectivity index (χ1) is 11.3. The first-order valence-corrected chi connectivity index (χ1v) is 7.93. The Balaban J connectivity index is 1.70. The summed E-state index contributed by atoms with van der Waals surface area (Å²) in [5, 5.41) is 5.43. The van der Waals surface area contributed by atoms with Crippen molar-refractivity contribution >= 4 is 23.5 Å². The molecule has 1 heterocycles. The third kappa shape index (κ3) is 2.81. The predicted molar refractivity (Wildman–Crippen MR) is 87.7 cm³/mol. The Kier molecular flexibility index (Phi) is 3.95. The second kappa shape index (κ2) is 5.81. The average molecular weight is 331 g/mol. The highest BCUT2D eigenvalue weighted by Crippen LogP contribution is 2.42. The first kappa shape index (κ1) is 16.3. The Morgan fingerprint density at radius 3 is 2.75 bits per heavy atom. The van der Waals surface area contributed by atoms with E-state index in [-0.39, 0.29) is 18.4 Å². The fraction of sp³-hybridized carbons (Fsp3) is 0.471. The minimum Gasteiger partial charge on any atom is -0.495 e. The summed E-state index contributed by atoms with van der Waals surface area (Å²) in [6.07, 6.45) is 1.84. The fourth-order valence-corrected chi connectivity index (χ4v) is 3.05. The Hall–Kier alpha value is -2.57. The monoisotopic (exact) mass is 331 g/mol. The molecule has 1 aliphatic carbocycles. The Labute approximate surface area is 140 Å². The van der Waals surface area contributed by atoms with Crippen LogP contribution in [0.4, 0.5) is 10.5 Å². The lowest BCUT2D eigenvalue weighted by molar-refractivity contribution is -0.134. The fourth-order valence-electron chi connectivity index (χ4n) is 3.05. The molecule has 1 saturated heterocycles. The van der Waals surface area contributed by atoms with E-state index >= 15 is 0 Å². The van der Waals surface area contributed by atoms with Crippen molar-refractivity contribution in [2.24, 2.45) is 5.92 Å². The summed E-state index contributed by atoms with van der Waals surface area (Å²) in [6, 6.07) is 4.88. The number of urea groups is 1. The van der Waals surface area contributed by atoms with Crippen LogP contribution < -0.4 is 15.4 Å². The largest absolute Gasteiger partial charge is 0.495 e. The van der Waals surface area contributed by atoms with E-state index in [2.05, 4.69) is 10.6 Å². The van der Waals surface area contributed by atoms with Crippen LogP contribution in [0.2, 0.25) is 0 Å². The maximum atomic E-state index is 12.5. The van der Waals surface area contributed by atoms with E-state index in [0.717, 1.165) is 23.3 Å². The topological polar surface area (TPSA) is 87.7 Å². The molecule has 2 N–H and O–H groups in total. The molecule has 0 unspecified atom stereocenters. The zero-order valence-corrected chi connectivity index (χ0v) is 14.0. The van der Waals surface area contributed by atoms with Gasteiger partial charge < -0.3 is 15.4 Å². The summed E-state index contributed by atoms with van der Waals surface area (Å²) < 4.78 is 5.21. The van der Waals surface area contributed by atoms with Crippen LogP contribution in [0.5, 0.6) is 5.75 Å². The number of carbonyl (C=O) groups excluding carboxylic acids is 3. The molecule has 0 bridgehead atoms. The number of anilines is 1. The molecule has 1 aromatic carbocycles. The number of nitrogens with one attached hydrogen (secondary N) is 2. The molecule has 7 heteroatoms. The molecule has 0 spiro atoms. The number of amides is 4. The van der Waals surface area contributed by atoms with Crippen LogP contribution in [0.25, 0.3) is 0 Å². The van der Waals surface area contributed by atoms with Crippen molar-refractivity contribution in [2.75, 3.05) is 19.0 Å². The first-order valence-electron chi connectivity index (χ1n) is 7.93. The molecule has 2 fully saturated rings. The van der Waals surface area contributed by atoms with Gasteiger partial charge in [0, 0.05) is 0 Å². The molecular formula is C17H21N3O4. The van der Waals surface area contributed by atoms with Gasteiger partial charge in [0.1, 0.15) is 17.8 Å². The zero-order valence-electron chi connectivity index (χ0n) is 14.0. The zero-order chi connectivity index (χ0) is 17.5. The minimum absolute atomic E-state index is 0.166. The molecule has 1 atom stereocenters. The Morgan fingerprint density at radius 1 is 1.42 bits per heavy atom. The summed E-state index contributed by atoms with van der Waals surface area (Å²) in [6.45, 7) is 3.31. The number of carbonyl (C=O) groups is 3. The number of rotatable bonds is 5. The number of nitrogens with zero attached hydrogens (tertiary/aromatic N) is 1. The van der Waals surface area contributed by atoms with Crippen molar-refractivity contribution in [3.63, 3.8) is 0 Å². The van der Waals surface area contributed by atoms with E-state index in [9.17, 15) is 14.4 Å². The molecular weight excluding hydrogens is 310 g/mol. The van der Waals surface area contributed by atoms with Crippen molar-refractivity contribution in [3.05, 3.63) is 23.8 Å². The molecule has 2 aliphatic rings. The number of aryl methyl sites for hydroxylation is 1. The van der Waals surface area contributed by atoms with Crippen LogP contribution >= 0.6 is 0 Å². The van der Waals surface area contributed by atoms with Gasteiger partial charge in [-0.2, -0.15) is 0 Å². The molecule has 7 nitrogen and oxygen atoms in total. The number of hydrogen-bond donors (Lipinski definition) is 2. The van der Waals surface area contributed by atoms with E-state index in [4.69, 9.17) is 4.74 Å². The highest BCUT2D eigenvalue weighted by atomic mass is 16.5. The van der Waals surface area contributed by atoms with Gasteiger partial charge in [-0.3, -0.25) is 14.5 Å². The van der Waals surface area contributed by atoms with Crippen LogP contribution in [0.1, 0.15) is 25.3 Å². The minimum atomic E-state index is -0.877. The summed E-state index contributed by atoms with van der Waals surface area (Å²) in [7, 11) is 1.51. The van der Waals surface area contributed by atoms with Crippen molar-refractivity contribution in [2.45, 2.75) is 32.2 Å². The molecule has 1 aromatic rings. The van der Waals surface area contributed by atoms with E-state index in [1.54, 1.807) is 19.1 Å². The van der Waals surface area contributed by atoms with Gasteiger partial charge in [0.15, 0.2) is 0 Å². The van der Waals surface area contributed by atoms with E-state index in [1.165, 1.54) is 7.11 Å². The van der Waals surface area contributed by atoms with Crippen molar-refractivity contribution in [3.8, 4) is 5.75 Å². The van der Waals surface area contributed by atoms with Gasteiger partial charge in [0.2, 0.25) is 5.91 Å². The molecule has 1 saturated carbocycles. The third-order valence-corrected chi connectivity index (χ3v) is 4.63. The highest BCUT2D eigenvalue weighted by molar-refractivity contribution is 6.10. The Morgan fingerprint density at radius 2 is 2.12 bits per heavy atom. The maximum Gasteiger partial charge on any atom is 0.325 e. The molecule has 1 aliphatic heterocycles. The highest BCUT2D eigenvalue weighted by Gasteiger charge is 2.56. The number of ether oxygens (including phenoxy) is 1. The summed E-state index contributed by atoms with van der Waals surface area (Å²) in [5.41, 5.74) is 0.597. The van der Waals surface area contributed by atoms with Gasteiger partial charge in [0.25, 0.3) is 5.91 Å². The number of hydrogen-bond acceptors (Lipinski definition) is 4. The van der Waals surface area contributed by atoms with Gasteiger partial charge in [0.05, 0.1) is 12.8 Å². The lowest BCUT2D eigenvalue weighted by atomic mass is 9.96. The van der Waals surface area contributed by atoms with Gasteiger partial charge in [-0.05, 0) is 50.3 Å². The summed E-state index contributed by atoms with van der Waals surface area (Å²) in [4.78, 5) is 37.9. The molecule has 128 valence electrons. The second-order valence-electron chi connectivity index (χ2n) is 6.55. The van der Waals surface area contributed by atoms with Crippen LogP contribution in [-0.4, -0.2) is 41.9 Å². The SMILES string of the molecule is COc1ccc(C)cc1NC(=O)CN1C(=O)N[C@@](C)(C2CC2)C1=O. The molecule has 3 rings (SSSR count). The van der Waals surface area contributed by atoms with Crippen LogP contribution in [-0.2, 0) is 9.59 Å². The summed E-state index contributed by atoms with van der Waals surface area (Å²) in [5.74, 6) is -0.0864. The molecule has 4 amide bonds. The van der Waals surface area contributed by atoms with Crippen LogP contribution in [0.15, 0.2) is 18.2 Å². The lowest BCUT2D eigenvalue weighted by Gasteiger charge is -2.20. The second-order valence-corrected chi connectivity index (χ2v) is 6.55. The quantitative estimate of drug-likeness (QED) is 0.803. The maximum absolute atomic E-state index is 12.5. The van der Waals surface area contributed by atoms with E-state index in [0.29, 0.717) is 11.4 Å². The Bertz CT molecular complexity index is 714. The van der Waals surface area contributed by atoms with Crippen LogP contribution in [0, 0.1) is 12.8 Å². The number of imide groups is 1. The van der Waals surface area contributed by atoms with Gasteiger partial charge in [-0.15, -0.1) is 0 Å². The normalized spacial score (nSPS) is 23.2. The van der Waals surface area contributed by atoms with Crippen LogP contribution in [0.3, 0.4) is 0 Å². The predicted octanol–water partition coefficient (Wildman–Crippen LogP) is 1.66. The molecule has 0 aromatic heterocycles. The van der Waals surface area contributed by atoms with Crippen molar-refractivity contribution in [1.29, 1.82) is 0 Å². The van der Waals surface area contributed by atoms with Crippen molar-refractivity contribution < 1.29 is 19.1 Å². The van der Waals surface area contributed by atoms with E-state index < -0.39 is 17.5 Å². The van der Waals surface area contributed by atoms with Crippen molar-refractivity contribution in [1.82, 2.24) is 10.2 Å². The molecule has 24 heavy (non-hydrogen) atoms.